The van der Waals surface area contributed by atoms with E-state index in [-0.39, 0.29) is 11.1 Å². The maximum absolute atomic E-state index is 13.8. The second-order valence-electron chi connectivity index (χ2n) is 5.65. The van der Waals surface area contributed by atoms with Crippen molar-refractivity contribution in [2.45, 2.75) is 36.1 Å². The Bertz CT molecular complexity index is 794. The van der Waals surface area contributed by atoms with Crippen molar-refractivity contribution >= 4 is 11.8 Å². The summed E-state index contributed by atoms with van der Waals surface area (Å²) in [5.41, 5.74) is 1.04. The van der Waals surface area contributed by atoms with Gasteiger partial charge in [0.25, 0.3) is 0 Å². The summed E-state index contributed by atoms with van der Waals surface area (Å²) < 4.78 is 104. The Balaban J connectivity index is 2.58. The minimum absolute atomic E-state index is 0.0400. The first kappa shape index (κ1) is 20.5. The molecule has 0 heterocycles. The Hall–Kier alpha value is -1.77. The number of hydrogen-bond acceptors (Lipinski definition) is 1. The molecule has 0 bridgehead atoms. The highest BCUT2D eigenvalue weighted by Crippen LogP contribution is 2.55. The highest BCUT2D eigenvalue weighted by molar-refractivity contribution is 8.00. The maximum atomic E-state index is 13.8. The number of aryl methyl sites for hydroxylation is 2. The highest BCUT2D eigenvalue weighted by Gasteiger charge is 2.73. The summed E-state index contributed by atoms with van der Waals surface area (Å²) in [6, 6.07) is 7.19. The molecule has 0 radical (unpaired) electrons. The largest absolute Gasteiger partial charge is 0.460 e. The van der Waals surface area contributed by atoms with Crippen LogP contribution in [0.5, 0.6) is 0 Å². The number of thioether (sulfide) groups is 1. The van der Waals surface area contributed by atoms with Crippen molar-refractivity contribution in [3.63, 3.8) is 0 Å². The summed E-state index contributed by atoms with van der Waals surface area (Å²) in [4.78, 5) is -0.456. The third kappa shape index (κ3) is 3.82. The molecule has 2 rings (SSSR count). The lowest BCUT2D eigenvalue weighted by molar-refractivity contribution is -0.330. The Morgan fingerprint density at radius 2 is 1.35 bits per heavy atom. The molecule has 0 saturated carbocycles. The fourth-order valence-corrected chi connectivity index (χ4v) is 3.51. The zero-order chi connectivity index (χ0) is 19.9. The molecular weight excluding hydrogens is 388 g/mol. The van der Waals surface area contributed by atoms with E-state index in [9.17, 15) is 35.1 Å². The van der Waals surface area contributed by atoms with Crippen LogP contribution in [0.2, 0.25) is 0 Å². The maximum Gasteiger partial charge on any atom is 0.460 e. The van der Waals surface area contributed by atoms with Crippen molar-refractivity contribution < 1.29 is 35.1 Å². The van der Waals surface area contributed by atoms with Gasteiger partial charge in [0.15, 0.2) is 0 Å². The van der Waals surface area contributed by atoms with Crippen LogP contribution in [0.25, 0.3) is 11.1 Å². The molecule has 0 aromatic heterocycles. The molecule has 142 valence electrons. The minimum atomic E-state index is -6.40. The van der Waals surface area contributed by atoms with Gasteiger partial charge in [-0.3, -0.25) is 0 Å². The van der Waals surface area contributed by atoms with Gasteiger partial charge >= 0.3 is 17.4 Å². The number of hydrogen-bond donors (Lipinski definition) is 0. The van der Waals surface area contributed by atoms with Crippen molar-refractivity contribution in [3.05, 3.63) is 53.3 Å². The first-order valence-corrected chi connectivity index (χ1v) is 7.96. The third-order valence-corrected chi connectivity index (χ3v) is 4.59. The molecule has 0 aliphatic heterocycles. The number of benzene rings is 2. The van der Waals surface area contributed by atoms with Crippen LogP contribution in [0.4, 0.5) is 35.1 Å². The number of rotatable bonds is 4. The summed E-state index contributed by atoms with van der Waals surface area (Å²) in [5.74, 6) is -6.83. The number of alkyl halides is 7. The number of halogens is 8. The summed E-state index contributed by atoms with van der Waals surface area (Å²) in [6.07, 6.45) is -6.40. The van der Waals surface area contributed by atoms with E-state index in [1.165, 1.54) is 26.0 Å². The molecule has 0 nitrogen and oxygen atoms in total. The lowest BCUT2D eigenvalue weighted by Crippen LogP contribution is -2.49. The average Bonchev–Trinajstić information content (AvgIpc) is 2.46. The lowest BCUT2D eigenvalue weighted by atomic mass is 9.98. The molecule has 0 aliphatic rings. The average molecular weight is 400 g/mol. The van der Waals surface area contributed by atoms with Crippen LogP contribution in [0.15, 0.2) is 41.3 Å². The Morgan fingerprint density at radius 3 is 1.85 bits per heavy atom. The van der Waals surface area contributed by atoms with Gasteiger partial charge in [0.1, 0.15) is 5.82 Å². The van der Waals surface area contributed by atoms with Gasteiger partial charge in [-0.2, -0.15) is 30.7 Å². The molecule has 0 N–H and O–H groups in total. The van der Waals surface area contributed by atoms with Gasteiger partial charge in [0, 0.05) is 4.90 Å². The molecule has 0 amide bonds. The molecular formula is C17H12F8S. The van der Waals surface area contributed by atoms with Gasteiger partial charge in [-0.1, -0.05) is 18.2 Å². The third-order valence-electron chi connectivity index (χ3n) is 3.54. The molecule has 0 atom stereocenters. The van der Waals surface area contributed by atoms with Crippen molar-refractivity contribution in [1.82, 2.24) is 0 Å². The predicted molar refractivity (Wildman–Crippen MR) is 83.1 cm³/mol. The fourth-order valence-electron chi connectivity index (χ4n) is 2.36. The minimum Gasteiger partial charge on any atom is -0.207 e. The quantitative estimate of drug-likeness (QED) is 0.394. The van der Waals surface area contributed by atoms with Crippen molar-refractivity contribution in [2.75, 3.05) is 0 Å². The van der Waals surface area contributed by atoms with Crippen LogP contribution < -0.4 is 0 Å². The van der Waals surface area contributed by atoms with E-state index in [1.807, 2.05) is 0 Å². The predicted octanol–water partition coefficient (Wildman–Crippen LogP) is 6.99. The molecule has 26 heavy (non-hydrogen) atoms. The molecule has 0 fully saturated rings. The van der Waals surface area contributed by atoms with Gasteiger partial charge in [-0.15, -0.1) is 0 Å². The molecule has 0 aliphatic carbocycles. The highest BCUT2D eigenvalue weighted by atomic mass is 32.2. The van der Waals surface area contributed by atoms with Gasteiger partial charge in [0.05, 0.1) is 0 Å². The summed E-state index contributed by atoms with van der Waals surface area (Å²) in [7, 11) is 0. The Morgan fingerprint density at radius 1 is 0.808 bits per heavy atom. The first-order valence-electron chi connectivity index (χ1n) is 7.15. The summed E-state index contributed by atoms with van der Waals surface area (Å²) >= 11 is -0.863. The van der Waals surface area contributed by atoms with Gasteiger partial charge in [-0.25, -0.2) is 4.39 Å². The Labute approximate surface area is 148 Å². The van der Waals surface area contributed by atoms with Gasteiger partial charge in [-0.05, 0) is 66.1 Å². The standard InChI is InChI=1S/C17H12F8S/c1-9-7-10(2)14(11-3-5-12(18)6-4-11)13(8-9)26-17(24,25)15(19,20)16(21,22)23/h3-8H,1-2H3. The van der Waals surface area contributed by atoms with E-state index in [0.717, 1.165) is 18.2 Å². The molecule has 2 aromatic carbocycles. The van der Waals surface area contributed by atoms with Crippen LogP contribution >= 0.6 is 11.8 Å². The second kappa shape index (κ2) is 6.75. The zero-order valence-corrected chi connectivity index (χ0v) is 14.2. The van der Waals surface area contributed by atoms with E-state index in [0.29, 0.717) is 11.1 Å². The van der Waals surface area contributed by atoms with Crippen LogP contribution in [0, 0.1) is 19.7 Å². The molecule has 0 spiro atoms. The molecule has 0 saturated heterocycles. The SMILES string of the molecule is Cc1cc(C)c(-c2ccc(F)cc2)c(SC(F)(F)C(F)(F)C(F)(F)F)c1. The van der Waals surface area contributed by atoms with Crippen molar-refractivity contribution in [3.8, 4) is 11.1 Å². The summed E-state index contributed by atoms with van der Waals surface area (Å²) in [6.45, 7) is 2.99. The van der Waals surface area contributed by atoms with E-state index < -0.39 is 39.8 Å². The van der Waals surface area contributed by atoms with Crippen LogP contribution in [-0.2, 0) is 0 Å². The first-order chi connectivity index (χ1) is 11.8. The zero-order valence-electron chi connectivity index (χ0n) is 13.4. The molecule has 0 unspecified atom stereocenters. The summed E-state index contributed by atoms with van der Waals surface area (Å²) in [5, 5.41) is -5.43. The van der Waals surface area contributed by atoms with Crippen molar-refractivity contribution in [1.29, 1.82) is 0 Å². The smallest absolute Gasteiger partial charge is 0.207 e. The van der Waals surface area contributed by atoms with Crippen LogP contribution in [0.3, 0.4) is 0 Å². The van der Waals surface area contributed by atoms with E-state index in [4.69, 9.17) is 0 Å². The molecule has 2 aromatic rings. The monoisotopic (exact) mass is 400 g/mol. The fraction of sp³-hybridized carbons (Fsp3) is 0.294. The normalized spacial score (nSPS) is 13.2. The topological polar surface area (TPSA) is 0 Å². The molecule has 9 heteroatoms. The second-order valence-corrected chi connectivity index (χ2v) is 6.81. The lowest BCUT2D eigenvalue weighted by Gasteiger charge is -2.28. The van der Waals surface area contributed by atoms with E-state index in [2.05, 4.69) is 0 Å². The van der Waals surface area contributed by atoms with Crippen LogP contribution in [-0.4, -0.2) is 17.4 Å². The Kier molecular flexibility index (Phi) is 5.34. The van der Waals surface area contributed by atoms with Gasteiger partial charge < -0.3 is 0 Å². The van der Waals surface area contributed by atoms with E-state index in [1.54, 1.807) is 6.07 Å². The van der Waals surface area contributed by atoms with E-state index >= 15 is 0 Å². The van der Waals surface area contributed by atoms with Gasteiger partial charge in [0.2, 0.25) is 0 Å². The van der Waals surface area contributed by atoms with Crippen LogP contribution in [0.1, 0.15) is 11.1 Å². The van der Waals surface area contributed by atoms with Crippen molar-refractivity contribution in [2.24, 2.45) is 0 Å².